The lowest BCUT2D eigenvalue weighted by atomic mass is 10.1. The molecule has 3 aromatic rings. The van der Waals surface area contributed by atoms with Crippen molar-refractivity contribution in [2.45, 2.75) is 17.6 Å². The second-order valence-corrected chi connectivity index (χ2v) is 7.25. The van der Waals surface area contributed by atoms with Crippen LogP contribution in [0.25, 0.3) is 0 Å². The van der Waals surface area contributed by atoms with Crippen molar-refractivity contribution in [1.82, 2.24) is 0 Å². The summed E-state index contributed by atoms with van der Waals surface area (Å²) in [4.78, 5) is 13.8. The average Bonchev–Trinajstić information content (AvgIpc) is 2.70. The summed E-state index contributed by atoms with van der Waals surface area (Å²) in [5, 5.41) is 3.37. The predicted molar refractivity (Wildman–Crippen MR) is 113 cm³/mol. The van der Waals surface area contributed by atoms with Crippen LogP contribution in [0.5, 0.6) is 5.75 Å². The Labute approximate surface area is 168 Å². The first-order valence-electron chi connectivity index (χ1n) is 8.67. The van der Waals surface area contributed by atoms with E-state index < -0.39 is 0 Å². The van der Waals surface area contributed by atoms with Gasteiger partial charge in [-0.2, -0.15) is 0 Å². The Morgan fingerprint density at radius 3 is 2.52 bits per heavy atom. The average molecular weight is 398 g/mol. The first kappa shape index (κ1) is 19.3. The van der Waals surface area contributed by atoms with Crippen molar-refractivity contribution in [1.29, 1.82) is 0 Å². The number of rotatable bonds is 7. The number of carbonyl (C=O) groups excluding carboxylic acids is 1. The molecule has 3 nitrogen and oxygen atoms in total. The molecule has 138 valence electrons. The summed E-state index contributed by atoms with van der Waals surface area (Å²) in [6.07, 6.45) is 0. The van der Waals surface area contributed by atoms with E-state index in [4.69, 9.17) is 16.3 Å². The van der Waals surface area contributed by atoms with Gasteiger partial charge in [-0.25, -0.2) is 0 Å². The van der Waals surface area contributed by atoms with Gasteiger partial charge in [0.25, 0.3) is 5.91 Å². The SMILES string of the molecule is CCOc1ccc(C(=O)Nc2ccccc2Cl)cc1CSc1ccccc1. The Hall–Kier alpha value is -2.43. The van der Waals surface area contributed by atoms with Gasteiger partial charge < -0.3 is 10.1 Å². The number of benzene rings is 3. The van der Waals surface area contributed by atoms with Gasteiger partial charge in [0.1, 0.15) is 5.75 Å². The van der Waals surface area contributed by atoms with Crippen LogP contribution in [0.4, 0.5) is 5.69 Å². The maximum Gasteiger partial charge on any atom is 0.255 e. The largest absolute Gasteiger partial charge is 0.494 e. The smallest absolute Gasteiger partial charge is 0.255 e. The van der Waals surface area contributed by atoms with E-state index in [-0.39, 0.29) is 5.91 Å². The standard InChI is InChI=1S/C22H20ClNO2S/c1-2-26-21-13-12-16(22(25)24-20-11-7-6-10-19(20)23)14-17(21)15-27-18-8-4-3-5-9-18/h3-14H,2,15H2,1H3,(H,24,25). The van der Waals surface area contributed by atoms with Crippen LogP contribution < -0.4 is 10.1 Å². The Morgan fingerprint density at radius 1 is 1.04 bits per heavy atom. The number of carbonyl (C=O) groups is 1. The van der Waals surface area contributed by atoms with E-state index in [1.807, 2.05) is 49.4 Å². The lowest BCUT2D eigenvalue weighted by Crippen LogP contribution is -2.12. The monoisotopic (exact) mass is 397 g/mol. The van der Waals surface area contributed by atoms with Crippen molar-refractivity contribution < 1.29 is 9.53 Å². The number of hydrogen-bond donors (Lipinski definition) is 1. The number of thioether (sulfide) groups is 1. The number of halogens is 1. The van der Waals surface area contributed by atoms with Crippen LogP contribution in [0.2, 0.25) is 5.02 Å². The fourth-order valence-electron chi connectivity index (χ4n) is 2.56. The van der Waals surface area contributed by atoms with Crippen LogP contribution in [0.1, 0.15) is 22.8 Å². The number of ether oxygens (including phenoxy) is 1. The number of nitrogens with one attached hydrogen (secondary N) is 1. The number of hydrogen-bond acceptors (Lipinski definition) is 3. The maximum atomic E-state index is 12.6. The van der Waals surface area contributed by atoms with E-state index in [1.54, 1.807) is 30.0 Å². The van der Waals surface area contributed by atoms with Crippen molar-refractivity contribution in [3.63, 3.8) is 0 Å². The zero-order valence-electron chi connectivity index (χ0n) is 14.9. The Morgan fingerprint density at radius 2 is 1.78 bits per heavy atom. The van der Waals surface area contributed by atoms with Crippen molar-refractivity contribution >= 4 is 35.0 Å². The van der Waals surface area contributed by atoms with Crippen LogP contribution in [0.3, 0.4) is 0 Å². The molecule has 0 aliphatic carbocycles. The summed E-state index contributed by atoms with van der Waals surface area (Å²) in [5.74, 6) is 1.32. The number of anilines is 1. The molecule has 0 aromatic heterocycles. The van der Waals surface area contributed by atoms with Gasteiger partial charge in [-0.15, -0.1) is 11.8 Å². The van der Waals surface area contributed by atoms with Crippen molar-refractivity contribution in [3.8, 4) is 5.75 Å². The van der Waals surface area contributed by atoms with E-state index in [2.05, 4.69) is 17.4 Å². The summed E-state index contributed by atoms with van der Waals surface area (Å²) in [6, 6.07) is 22.9. The van der Waals surface area contributed by atoms with Gasteiger partial charge >= 0.3 is 0 Å². The maximum absolute atomic E-state index is 12.6. The molecule has 0 spiro atoms. The molecule has 0 radical (unpaired) electrons. The van der Waals surface area contributed by atoms with Crippen LogP contribution in [0, 0.1) is 0 Å². The molecule has 0 heterocycles. The molecule has 0 bridgehead atoms. The molecule has 0 fully saturated rings. The van der Waals surface area contributed by atoms with Gasteiger partial charge in [0.05, 0.1) is 17.3 Å². The van der Waals surface area contributed by atoms with E-state index in [9.17, 15) is 4.79 Å². The molecule has 3 aromatic carbocycles. The highest BCUT2D eigenvalue weighted by atomic mass is 35.5. The normalized spacial score (nSPS) is 10.4. The summed E-state index contributed by atoms with van der Waals surface area (Å²) < 4.78 is 5.73. The van der Waals surface area contributed by atoms with E-state index in [0.29, 0.717) is 28.6 Å². The van der Waals surface area contributed by atoms with Gasteiger partial charge in [0, 0.05) is 21.8 Å². The van der Waals surface area contributed by atoms with E-state index >= 15 is 0 Å². The lowest BCUT2D eigenvalue weighted by Gasteiger charge is -2.13. The fourth-order valence-corrected chi connectivity index (χ4v) is 3.64. The topological polar surface area (TPSA) is 38.3 Å². The molecule has 1 N–H and O–H groups in total. The van der Waals surface area contributed by atoms with Gasteiger partial charge in [0.15, 0.2) is 0 Å². The predicted octanol–water partition coefficient (Wildman–Crippen LogP) is 6.28. The highest BCUT2D eigenvalue weighted by Gasteiger charge is 2.12. The Kier molecular flexibility index (Phi) is 6.80. The molecule has 0 atom stereocenters. The Balaban J connectivity index is 1.79. The molecule has 27 heavy (non-hydrogen) atoms. The molecular formula is C22H20ClNO2S. The van der Waals surface area contributed by atoms with Gasteiger partial charge in [-0.1, -0.05) is 41.9 Å². The minimum atomic E-state index is -0.197. The molecule has 0 aliphatic heterocycles. The third-order valence-electron chi connectivity index (χ3n) is 3.88. The summed E-state index contributed by atoms with van der Waals surface area (Å²) in [6.45, 7) is 2.53. The lowest BCUT2D eigenvalue weighted by molar-refractivity contribution is 0.102. The first-order chi connectivity index (χ1) is 13.2. The molecule has 0 saturated carbocycles. The first-order valence-corrected chi connectivity index (χ1v) is 10.0. The second-order valence-electron chi connectivity index (χ2n) is 5.79. The summed E-state index contributed by atoms with van der Waals surface area (Å²) in [5.41, 5.74) is 2.15. The molecule has 0 unspecified atom stereocenters. The quantitative estimate of drug-likeness (QED) is 0.476. The van der Waals surface area contributed by atoms with Gasteiger partial charge in [0.2, 0.25) is 0 Å². The summed E-state index contributed by atoms with van der Waals surface area (Å²) >= 11 is 7.84. The third-order valence-corrected chi connectivity index (χ3v) is 5.27. The van der Waals surface area contributed by atoms with Crippen LogP contribution >= 0.6 is 23.4 Å². The van der Waals surface area contributed by atoms with Crippen molar-refractivity contribution in [2.24, 2.45) is 0 Å². The zero-order valence-corrected chi connectivity index (χ0v) is 16.5. The number of amides is 1. The minimum Gasteiger partial charge on any atom is -0.494 e. The van der Waals surface area contributed by atoms with Gasteiger partial charge in [-0.05, 0) is 49.4 Å². The van der Waals surface area contributed by atoms with Crippen LogP contribution in [0.15, 0.2) is 77.7 Å². The molecule has 5 heteroatoms. The zero-order chi connectivity index (χ0) is 19.1. The highest BCUT2D eigenvalue weighted by Crippen LogP contribution is 2.29. The molecule has 1 amide bonds. The van der Waals surface area contributed by atoms with Gasteiger partial charge in [-0.3, -0.25) is 4.79 Å². The van der Waals surface area contributed by atoms with Crippen LogP contribution in [-0.2, 0) is 5.75 Å². The third kappa shape index (κ3) is 5.28. The summed E-state index contributed by atoms with van der Waals surface area (Å²) in [7, 11) is 0. The van der Waals surface area contributed by atoms with Crippen molar-refractivity contribution in [2.75, 3.05) is 11.9 Å². The minimum absolute atomic E-state index is 0.197. The van der Waals surface area contributed by atoms with E-state index in [0.717, 1.165) is 11.3 Å². The second kappa shape index (κ2) is 9.49. The molecule has 3 rings (SSSR count). The molecular weight excluding hydrogens is 378 g/mol. The number of para-hydroxylation sites is 1. The van der Waals surface area contributed by atoms with Crippen molar-refractivity contribution in [3.05, 3.63) is 88.9 Å². The molecule has 0 aliphatic rings. The highest BCUT2D eigenvalue weighted by molar-refractivity contribution is 7.98. The molecule has 0 saturated heterocycles. The Bertz CT molecular complexity index is 915. The fraction of sp³-hybridized carbons (Fsp3) is 0.136. The van der Waals surface area contributed by atoms with Crippen LogP contribution in [-0.4, -0.2) is 12.5 Å². The van der Waals surface area contributed by atoms with E-state index in [1.165, 1.54) is 4.90 Å².